The average Bonchev–Trinajstić information content (AvgIpc) is 2.85. The van der Waals surface area contributed by atoms with Gasteiger partial charge in [-0.25, -0.2) is 14.8 Å². The van der Waals surface area contributed by atoms with Crippen molar-refractivity contribution in [1.82, 2.24) is 25.6 Å². The van der Waals surface area contributed by atoms with Crippen LogP contribution in [0.15, 0.2) is 67.3 Å². The third kappa shape index (κ3) is 5.91. The number of hydrogen-bond donors (Lipinski definition) is 3. The molecule has 2 aromatic heterocycles. The van der Waals surface area contributed by atoms with E-state index in [1.165, 1.54) is 6.33 Å². The van der Waals surface area contributed by atoms with Gasteiger partial charge in [-0.1, -0.05) is 23.4 Å². The predicted octanol–water partition coefficient (Wildman–Crippen LogP) is 4.88. The number of pyridine rings is 1. The Morgan fingerprint density at radius 2 is 2.03 bits per heavy atom. The van der Waals surface area contributed by atoms with Gasteiger partial charge >= 0.3 is 6.03 Å². The van der Waals surface area contributed by atoms with Crippen LogP contribution in [0.25, 0.3) is 10.9 Å². The lowest BCUT2D eigenvalue weighted by Crippen LogP contribution is -2.35. The molecule has 0 fully saturated rings. The van der Waals surface area contributed by atoms with Crippen molar-refractivity contribution in [2.24, 2.45) is 0 Å². The van der Waals surface area contributed by atoms with Crippen molar-refractivity contribution in [3.05, 3.63) is 77.8 Å². The first-order valence-corrected chi connectivity index (χ1v) is 10.9. The molecule has 0 aliphatic rings. The van der Waals surface area contributed by atoms with Crippen molar-refractivity contribution >= 4 is 40.0 Å². The molecule has 0 atom stereocenters. The Hall–Kier alpha value is -4.35. The summed E-state index contributed by atoms with van der Waals surface area (Å²) in [6, 6.07) is 14.4. The Morgan fingerprint density at radius 1 is 1.12 bits per heavy atom. The van der Waals surface area contributed by atoms with Gasteiger partial charge in [0.1, 0.15) is 23.6 Å². The highest BCUT2D eigenvalue weighted by Gasteiger charge is 2.08. The van der Waals surface area contributed by atoms with E-state index in [1.807, 2.05) is 31.2 Å². The summed E-state index contributed by atoms with van der Waals surface area (Å²) >= 11 is 6.43. The van der Waals surface area contributed by atoms with E-state index in [0.29, 0.717) is 28.9 Å². The Bertz CT molecular complexity index is 1370. The zero-order chi connectivity index (χ0) is 23.8. The van der Waals surface area contributed by atoms with Gasteiger partial charge in [-0.2, -0.15) is 0 Å². The first kappa shape index (κ1) is 22.8. The summed E-state index contributed by atoms with van der Waals surface area (Å²) in [6.45, 7) is 2.66. The Balaban J connectivity index is 1.51. The van der Waals surface area contributed by atoms with Gasteiger partial charge in [0, 0.05) is 29.4 Å². The number of nitrogens with one attached hydrogen (secondary N) is 3. The van der Waals surface area contributed by atoms with E-state index in [9.17, 15) is 4.79 Å². The number of amides is 2. The molecular formula is C25H21ClN6O2. The monoisotopic (exact) mass is 472 g/mol. The number of nitrogens with zero attached hydrogens (tertiary/aromatic N) is 3. The van der Waals surface area contributed by atoms with Crippen LogP contribution in [0, 0.1) is 11.8 Å². The van der Waals surface area contributed by atoms with E-state index in [2.05, 4.69) is 42.7 Å². The van der Waals surface area contributed by atoms with Crippen LogP contribution in [0.5, 0.6) is 11.5 Å². The standard InChI is InChI=1S/C25H21ClN6O2/c1-2-28-25(33)29-12-3-5-17-7-9-22-20(13-17)24(31-16-30-22)32-18-8-10-23(21(26)14-18)34-19-6-4-11-27-15-19/h4,6-11,13-16H,2,12H2,1H3,(H2,28,29,33)(H,30,31,32). The molecule has 3 N–H and O–H groups in total. The third-order valence-corrected chi connectivity index (χ3v) is 4.89. The smallest absolute Gasteiger partial charge is 0.315 e. The van der Waals surface area contributed by atoms with Crippen molar-refractivity contribution in [1.29, 1.82) is 0 Å². The van der Waals surface area contributed by atoms with Gasteiger partial charge < -0.3 is 20.7 Å². The molecule has 0 bridgehead atoms. The van der Waals surface area contributed by atoms with Crippen LogP contribution in [-0.4, -0.2) is 34.1 Å². The molecule has 0 saturated heterocycles. The molecular weight excluding hydrogens is 452 g/mol. The number of fused-ring (bicyclic) bond motifs is 1. The van der Waals surface area contributed by atoms with Crippen LogP contribution in [0.3, 0.4) is 0 Å². The molecule has 0 unspecified atom stereocenters. The lowest BCUT2D eigenvalue weighted by Gasteiger charge is -2.11. The summed E-state index contributed by atoms with van der Waals surface area (Å²) in [5.74, 6) is 7.72. The number of urea groups is 1. The number of halogens is 1. The van der Waals surface area contributed by atoms with E-state index in [4.69, 9.17) is 16.3 Å². The van der Waals surface area contributed by atoms with E-state index >= 15 is 0 Å². The SMILES string of the molecule is CCNC(=O)NCC#Cc1ccc2ncnc(Nc3ccc(Oc4cccnc4)c(Cl)c3)c2c1. The van der Waals surface area contributed by atoms with Crippen molar-refractivity contribution in [3.8, 4) is 23.3 Å². The van der Waals surface area contributed by atoms with Gasteiger partial charge in [-0.3, -0.25) is 4.98 Å². The molecule has 4 rings (SSSR count). The van der Waals surface area contributed by atoms with Crippen LogP contribution in [-0.2, 0) is 0 Å². The molecule has 9 heteroatoms. The molecule has 2 heterocycles. The van der Waals surface area contributed by atoms with Crippen molar-refractivity contribution in [2.45, 2.75) is 6.92 Å². The molecule has 8 nitrogen and oxygen atoms in total. The minimum Gasteiger partial charge on any atom is -0.454 e. The molecule has 0 aliphatic carbocycles. The molecule has 4 aromatic rings. The fourth-order valence-electron chi connectivity index (χ4n) is 3.06. The number of carbonyl (C=O) groups is 1. The Kier molecular flexibility index (Phi) is 7.38. The fourth-order valence-corrected chi connectivity index (χ4v) is 3.28. The highest BCUT2D eigenvalue weighted by atomic mass is 35.5. The molecule has 0 radical (unpaired) electrons. The second-order valence-electron chi connectivity index (χ2n) is 7.03. The summed E-state index contributed by atoms with van der Waals surface area (Å²) in [5, 5.41) is 9.86. The van der Waals surface area contributed by atoms with Gasteiger partial charge in [0.2, 0.25) is 0 Å². The lowest BCUT2D eigenvalue weighted by molar-refractivity contribution is 0.242. The number of carbonyl (C=O) groups excluding carboxylic acids is 1. The highest BCUT2D eigenvalue weighted by molar-refractivity contribution is 6.32. The van der Waals surface area contributed by atoms with Crippen molar-refractivity contribution < 1.29 is 9.53 Å². The molecule has 34 heavy (non-hydrogen) atoms. The van der Waals surface area contributed by atoms with Crippen LogP contribution >= 0.6 is 11.6 Å². The summed E-state index contributed by atoms with van der Waals surface area (Å²) in [7, 11) is 0. The largest absolute Gasteiger partial charge is 0.454 e. The van der Waals surface area contributed by atoms with E-state index in [0.717, 1.165) is 22.2 Å². The zero-order valence-electron chi connectivity index (χ0n) is 18.3. The van der Waals surface area contributed by atoms with Gasteiger partial charge in [-0.15, -0.1) is 0 Å². The third-order valence-electron chi connectivity index (χ3n) is 4.60. The first-order valence-electron chi connectivity index (χ1n) is 10.5. The lowest BCUT2D eigenvalue weighted by atomic mass is 10.1. The molecule has 0 spiro atoms. The maximum atomic E-state index is 11.4. The maximum absolute atomic E-state index is 11.4. The molecule has 0 saturated carbocycles. The zero-order valence-corrected chi connectivity index (χ0v) is 19.1. The minimum atomic E-state index is -0.245. The van der Waals surface area contributed by atoms with Crippen molar-refractivity contribution in [2.75, 3.05) is 18.4 Å². The molecule has 2 amide bonds. The van der Waals surface area contributed by atoms with Crippen LogP contribution in [0.4, 0.5) is 16.3 Å². The van der Waals surface area contributed by atoms with Crippen molar-refractivity contribution in [3.63, 3.8) is 0 Å². The van der Waals surface area contributed by atoms with Gasteiger partial charge in [-0.05, 0) is 55.5 Å². The Morgan fingerprint density at radius 3 is 2.82 bits per heavy atom. The molecule has 0 aliphatic heterocycles. The van der Waals surface area contributed by atoms with Crippen LogP contribution < -0.4 is 20.7 Å². The summed E-state index contributed by atoms with van der Waals surface area (Å²) in [4.78, 5) is 24.2. The summed E-state index contributed by atoms with van der Waals surface area (Å²) in [6.07, 6.45) is 4.78. The number of anilines is 2. The topological polar surface area (TPSA) is 101 Å². The number of aromatic nitrogens is 3. The highest BCUT2D eigenvalue weighted by Crippen LogP contribution is 2.33. The maximum Gasteiger partial charge on any atom is 0.315 e. The van der Waals surface area contributed by atoms with Crippen LogP contribution in [0.1, 0.15) is 12.5 Å². The second kappa shape index (κ2) is 11.0. The first-order chi connectivity index (χ1) is 16.6. The van der Waals surface area contributed by atoms with Crippen LogP contribution in [0.2, 0.25) is 5.02 Å². The average molecular weight is 473 g/mol. The van der Waals surface area contributed by atoms with Gasteiger partial charge in [0.25, 0.3) is 0 Å². The van der Waals surface area contributed by atoms with Gasteiger partial charge in [0.05, 0.1) is 23.3 Å². The number of benzene rings is 2. The number of hydrogen-bond acceptors (Lipinski definition) is 6. The quantitative estimate of drug-likeness (QED) is 0.345. The molecule has 2 aromatic carbocycles. The number of rotatable bonds is 6. The van der Waals surface area contributed by atoms with Gasteiger partial charge in [0.15, 0.2) is 0 Å². The minimum absolute atomic E-state index is 0.242. The predicted molar refractivity (Wildman–Crippen MR) is 133 cm³/mol. The summed E-state index contributed by atoms with van der Waals surface area (Å²) < 4.78 is 5.78. The van der Waals surface area contributed by atoms with E-state index < -0.39 is 0 Å². The number of ether oxygens (including phenoxy) is 1. The molecule has 170 valence electrons. The fraction of sp³-hybridized carbons (Fsp3) is 0.120. The van der Waals surface area contributed by atoms with E-state index in [-0.39, 0.29) is 12.6 Å². The second-order valence-corrected chi connectivity index (χ2v) is 7.44. The Labute approximate surface area is 201 Å². The van der Waals surface area contributed by atoms with E-state index in [1.54, 1.807) is 36.7 Å². The summed E-state index contributed by atoms with van der Waals surface area (Å²) in [5.41, 5.74) is 2.29. The normalized spacial score (nSPS) is 10.2.